The van der Waals surface area contributed by atoms with Crippen molar-refractivity contribution < 1.29 is 14.6 Å². The van der Waals surface area contributed by atoms with Crippen LogP contribution in [0.5, 0.6) is 0 Å². The second-order valence-electron chi connectivity index (χ2n) is 3.36. The Morgan fingerprint density at radius 3 is 2.73 bits per heavy atom. The van der Waals surface area contributed by atoms with E-state index in [1.165, 1.54) is 7.11 Å². The van der Waals surface area contributed by atoms with Gasteiger partial charge in [-0.1, -0.05) is 17.7 Å². The Morgan fingerprint density at radius 1 is 1.60 bits per heavy atom. The third-order valence-electron chi connectivity index (χ3n) is 1.97. The molecule has 1 aromatic carbocycles. The maximum Gasteiger partial charge on any atom is 0.339 e. The fourth-order valence-corrected chi connectivity index (χ4v) is 1.58. The molecule has 0 unspecified atom stereocenters. The lowest BCUT2D eigenvalue weighted by Crippen LogP contribution is -2.06. The van der Waals surface area contributed by atoms with E-state index in [1.54, 1.807) is 25.1 Å². The molecule has 0 radical (unpaired) electrons. The van der Waals surface area contributed by atoms with Crippen LogP contribution < -0.4 is 0 Å². The first kappa shape index (κ1) is 12.0. The highest BCUT2D eigenvalue weighted by molar-refractivity contribution is 6.33. The summed E-state index contributed by atoms with van der Waals surface area (Å²) >= 11 is 5.90. The van der Waals surface area contributed by atoms with Crippen LogP contribution >= 0.6 is 11.6 Å². The van der Waals surface area contributed by atoms with E-state index in [4.69, 9.17) is 11.6 Å². The molecule has 1 N–H and O–H groups in total. The minimum atomic E-state index is -0.455. The fraction of sp³-hybridized carbons (Fsp3) is 0.364. The van der Waals surface area contributed by atoms with E-state index >= 15 is 0 Å². The number of esters is 1. The molecule has 3 nitrogen and oxygen atoms in total. The van der Waals surface area contributed by atoms with E-state index in [2.05, 4.69) is 4.74 Å². The number of aliphatic hydroxyl groups is 1. The van der Waals surface area contributed by atoms with Gasteiger partial charge in [-0.2, -0.15) is 0 Å². The van der Waals surface area contributed by atoms with Crippen molar-refractivity contribution in [3.63, 3.8) is 0 Å². The molecule has 82 valence electrons. The maximum absolute atomic E-state index is 11.2. The number of rotatable bonds is 3. The van der Waals surface area contributed by atoms with Gasteiger partial charge in [0.05, 0.1) is 23.8 Å². The van der Waals surface area contributed by atoms with Gasteiger partial charge in [-0.15, -0.1) is 0 Å². The highest BCUT2D eigenvalue weighted by atomic mass is 35.5. The topological polar surface area (TPSA) is 46.5 Å². The summed E-state index contributed by atoms with van der Waals surface area (Å²) in [5.74, 6) is -0.455. The van der Waals surface area contributed by atoms with Crippen molar-refractivity contribution in [2.24, 2.45) is 0 Å². The van der Waals surface area contributed by atoms with Crippen molar-refractivity contribution in [3.05, 3.63) is 34.3 Å². The number of carbonyl (C=O) groups excluding carboxylic acids is 1. The number of carbonyl (C=O) groups is 1. The quantitative estimate of drug-likeness (QED) is 0.806. The second-order valence-corrected chi connectivity index (χ2v) is 3.77. The molecule has 0 aliphatic heterocycles. The third kappa shape index (κ3) is 3.22. The molecule has 0 heterocycles. The zero-order chi connectivity index (χ0) is 11.4. The van der Waals surface area contributed by atoms with Gasteiger partial charge in [0, 0.05) is 0 Å². The first-order valence-corrected chi connectivity index (χ1v) is 4.97. The second kappa shape index (κ2) is 5.14. The zero-order valence-electron chi connectivity index (χ0n) is 8.66. The van der Waals surface area contributed by atoms with Crippen LogP contribution in [-0.4, -0.2) is 24.3 Å². The average Bonchev–Trinajstić information content (AvgIpc) is 2.16. The molecule has 0 fully saturated rings. The van der Waals surface area contributed by atoms with Crippen molar-refractivity contribution in [1.29, 1.82) is 0 Å². The molecule has 0 saturated carbocycles. The molecule has 0 aliphatic carbocycles. The monoisotopic (exact) mass is 228 g/mol. The van der Waals surface area contributed by atoms with E-state index < -0.39 is 12.1 Å². The highest BCUT2D eigenvalue weighted by Gasteiger charge is 2.11. The zero-order valence-corrected chi connectivity index (χ0v) is 9.41. The van der Waals surface area contributed by atoms with Gasteiger partial charge in [0.1, 0.15) is 0 Å². The van der Waals surface area contributed by atoms with Crippen LogP contribution in [0.4, 0.5) is 0 Å². The lowest BCUT2D eigenvalue weighted by Gasteiger charge is -2.07. The molecule has 4 heteroatoms. The van der Waals surface area contributed by atoms with Crippen molar-refractivity contribution in [3.8, 4) is 0 Å². The lowest BCUT2D eigenvalue weighted by molar-refractivity contribution is 0.0601. The number of halogens is 1. The number of methoxy groups -OCH3 is 1. The van der Waals surface area contributed by atoms with Crippen molar-refractivity contribution in [2.45, 2.75) is 19.4 Å². The molecule has 0 spiro atoms. The molecule has 1 rings (SSSR count). The summed E-state index contributed by atoms with van der Waals surface area (Å²) in [5.41, 5.74) is 1.23. The smallest absolute Gasteiger partial charge is 0.339 e. The lowest BCUT2D eigenvalue weighted by atomic mass is 10.1. The molecule has 1 aromatic rings. The van der Waals surface area contributed by atoms with Gasteiger partial charge in [0.2, 0.25) is 0 Å². The third-order valence-corrected chi connectivity index (χ3v) is 2.28. The van der Waals surface area contributed by atoms with Gasteiger partial charge in [-0.25, -0.2) is 4.79 Å². The molecule has 0 aromatic heterocycles. The van der Waals surface area contributed by atoms with Crippen LogP contribution in [0, 0.1) is 0 Å². The standard InChI is InChI=1S/C11H13ClO3/c1-7(13)5-8-3-4-9(10(12)6-8)11(14)15-2/h3-4,6-7,13H,5H2,1-2H3/t7-/m1/s1. The number of aliphatic hydroxyl groups excluding tert-OH is 1. The summed E-state index contributed by atoms with van der Waals surface area (Å²) in [5, 5.41) is 9.53. The highest BCUT2D eigenvalue weighted by Crippen LogP contribution is 2.19. The summed E-state index contributed by atoms with van der Waals surface area (Å²) in [6, 6.07) is 5.03. The van der Waals surface area contributed by atoms with Gasteiger partial charge >= 0.3 is 5.97 Å². The van der Waals surface area contributed by atoms with Gasteiger partial charge in [-0.05, 0) is 31.0 Å². The molecule has 0 aliphatic rings. The summed E-state index contributed by atoms with van der Waals surface area (Å²) in [7, 11) is 1.31. The molecule has 0 bridgehead atoms. The Hall–Kier alpha value is -1.06. The molecular formula is C11H13ClO3. The molecule has 15 heavy (non-hydrogen) atoms. The van der Waals surface area contributed by atoms with Crippen LogP contribution in [-0.2, 0) is 11.2 Å². The van der Waals surface area contributed by atoms with Crippen LogP contribution in [0.1, 0.15) is 22.8 Å². The van der Waals surface area contributed by atoms with Crippen LogP contribution in [0.3, 0.4) is 0 Å². The van der Waals surface area contributed by atoms with Crippen molar-refractivity contribution in [2.75, 3.05) is 7.11 Å². The van der Waals surface area contributed by atoms with E-state index in [9.17, 15) is 9.90 Å². The van der Waals surface area contributed by atoms with E-state index in [0.29, 0.717) is 17.0 Å². The summed E-state index contributed by atoms with van der Waals surface area (Å²) in [6.07, 6.45) is 0.0892. The Bertz CT molecular complexity index is 361. The average molecular weight is 229 g/mol. The predicted molar refractivity (Wildman–Crippen MR) is 58.2 cm³/mol. The first-order valence-electron chi connectivity index (χ1n) is 4.59. The SMILES string of the molecule is COC(=O)c1ccc(C[C@@H](C)O)cc1Cl. The first-order chi connectivity index (χ1) is 7.04. The Balaban J connectivity index is 2.93. The van der Waals surface area contributed by atoms with Crippen molar-refractivity contribution >= 4 is 17.6 Å². The van der Waals surface area contributed by atoms with Gasteiger partial charge in [-0.3, -0.25) is 0 Å². The molecule has 1 atom stereocenters. The summed E-state index contributed by atoms with van der Waals surface area (Å²) in [4.78, 5) is 11.2. The Morgan fingerprint density at radius 2 is 2.27 bits per heavy atom. The van der Waals surface area contributed by atoms with Gasteiger partial charge < -0.3 is 9.84 Å². The minimum absolute atomic E-state index is 0.341. The predicted octanol–water partition coefficient (Wildman–Crippen LogP) is 2.05. The Kier molecular flexibility index (Phi) is 4.12. The minimum Gasteiger partial charge on any atom is -0.465 e. The normalized spacial score (nSPS) is 12.3. The fourth-order valence-electron chi connectivity index (χ4n) is 1.30. The van der Waals surface area contributed by atoms with E-state index in [0.717, 1.165) is 5.56 Å². The Labute approximate surface area is 93.6 Å². The number of hydrogen-bond acceptors (Lipinski definition) is 3. The van der Waals surface area contributed by atoms with E-state index in [-0.39, 0.29) is 0 Å². The largest absolute Gasteiger partial charge is 0.465 e. The molecule has 0 amide bonds. The van der Waals surface area contributed by atoms with Crippen molar-refractivity contribution in [1.82, 2.24) is 0 Å². The number of hydrogen-bond donors (Lipinski definition) is 1. The van der Waals surface area contributed by atoms with Crippen LogP contribution in [0.15, 0.2) is 18.2 Å². The van der Waals surface area contributed by atoms with Crippen LogP contribution in [0.25, 0.3) is 0 Å². The van der Waals surface area contributed by atoms with Gasteiger partial charge in [0.15, 0.2) is 0 Å². The van der Waals surface area contributed by atoms with Gasteiger partial charge in [0.25, 0.3) is 0 Å². The summed E-state index contributed by atoms with van der Waals surface area (Å²) in [6.45, 7) is 1.70. The molecular weight excluding hydrogens is 216 g/mol. The van der Waals surface area contributed by atoms with E-state index in [1.807, 2.05) is 0 Å². The number of ether oxygens (including phenoxy) is 1. The van der Waals surface area contributed by atoms with Crippen LogP contribution in [0.2, 0.25) is 5.02 Å². The maximum atomic E-state index is 11.2. The molecule has 0 saturated heterocycles. The summed E-state index contributed by atoms with van der Waals surface area (Å²) < 4.78 is 4.57. The number of benzene rings is 1.